The van der Waals surface area contributed by atoms with Crippen molar-refractivity contribution in [3.05, 3.63) is 28.8 Å². The number of carbonyl (C=O) groups excluding carboxylic acids is 1. The maximum atomic E-state index is 11.9. The number of carboxylic acids is 1. The molecule has 1 saturated carbocycles. The van der Waals surface area contributed by atoms with E-state index in [4.69, 9.17) is 21.4 Å². The van der Waals surface area contributed by atoms with E-state index in [-0.39, 0.29) is 18.6 Å². The Labute approximate surface area is 128 Å². The standard InChI is InChI=1S/C15H18ClNO4/c1-9-7-10(16)5-6-13(9)21-8-14(18)17-12-4-2-3-11(12)15(19)20/h5-7,11-12H,2-4,8H2,1H3,(H,17,18)(H,19,20). The monoisotopic (exact) mass is 311 g/mol. The molecule has 1 aliphatic carbocycles. The van der Waals surface area contributed by atoms with Crippen LogP contribution in [-0.2, 0) is 9.59 Å². The Hall–Kier alpha value is -1.75. The van der Waals surface area contributed by atoms with Crippen LogP contribution in [0.4, 0.5) is 0 Å². The van der Waals surface area contributed by atoms with Gasteiger partial charge in [-0.15, -0.1) is 0 Å². The number of aliphatic carboxylic acids is 1. The minimum Gasteiger partial charge on any atom is -0.484 e. The number of halogens is 1. The number of rotatable bonds is 5. The summed E-state index contributed by atoms with van der Waals surface area (Å²) in [4.78, 5) is 22.9. The zero-order chi connectivity index (χ0) is 15.4. The molecule has 2 atom stereocenters. The van der Waals surface area contributed by atoms with Gasteiger partial charge in [-0.3, -0.25) is 9.59 Å². The summed E-state index contributed by atoms with van der Waals surface area (Å²) in [7, 11) is 0. The summed E-state index contributed by atoms with van der Waals surface area (Å²) in [5.41, 5.74) is 0.847. The van der Waals surface area contributed by atoms with Gasteiger partial charge in [0, 0.05) is 11.1 Å². The quantitative estimate of drug-likeness (QED) is 0.875. The highest BCUT2D eigenvalue weighted by Crippen LogP contribution is 2.26. The molecular formula is C15H18ClNO4. The van der Waals surface area contributed by atoms with Crippen molar-refractivity contribution in [2.75, 3.05) is 6.61 Å². The molecule has 5 nitrogen and oxygen atoms in total. The van der Waals surface area contributed by atoms with E-state index in [0.717, 1.165) is 12.0 Å². The normalized spacial score (nSPS) is 21.0. The lowest BCUT2D eigenvalue weighted by Gasteiger charge is -2.18. The Bertz CT molecular complexity index is 546. The van der Waals surface area contributed by atoms with Gasteiger partial charge >= 0.3 is 5.97 Å². The number of hydrogen-bond donors (Lipinski definition) is 2. The van der Waals surface area contributed by atoms with Crippen LogP contribution in [0.2, 0.25) is 5.02 Å². The molecule has 114 valence electrons. The van der Waals surface area contributed by atoms with Crippen molar-refractivity contribution in [1.29, 1.82) is 0 Å². The maximum Gasteiger partial charge on any atom is 0.308 e. The molecule has 1 fully saturated rings. The molecule has 0 aromatic heterocycles. The molecule has 2 rings (SSSR count). The molecule has 1 amide bonds. The molecule has 1 aliphatic rings. The van der Waals surface area contributed by atoms with E-state index >= 15 is 0 Å². The molecule has 0 aliphatic heterocycles. The van der Waals surface area contributed by atoms with Crippen LogP contribution in [0.1, 0.15) is 24.8 Å². The summed E-state index contributed by atoms with van der Waals surface area (Å²) in [5.74, 6) is -1.06. The van der Waals surface area contributed by atoms with Gasteiger partial charge in [-0.05, 0) is 43.5 Å². The Balaban J connectivity index is 1.86. The molecule has 2 N–H and O–H groups in total. The van der Waals surface area contributed by atoms with Gasteiger partial charge in [-0.1, -0.05) is 18.0 Å². The van der Waals surface area contributed by atoms with Crippen molar-refractivity contribution in [1.82, 2.24) is 5.32 Å². The predicted octanol–water partition coefficient (Wildman–Crippen LogP) is 2.40. The summed E-state index contributed by atoms with van der Waals surface area (Å²) in [6, 6.07) is 4.86. The third kappa shape index (κ3) is 4.11. The number of carboxylic acid groups (broad SMARTS) is 1. The van der Waals surface area contributed by atoms with Crippen LogP contribution in [0.15, 0.2) is 18.2 Å². The average Bonchev–Trinajstić information content (AvgIpc) is 2.86. The van der Waals surface area contributed by atoms with E-state index in [0.29, 0.717) is 23.6 Å². The third-order valence-corrected chi connectivity index (χ3v) is 3.91. The first-order valence-corrected chi connectivity index (χ1v) is 7.26. The molecule has 0 bridgehead atoms. The molecule has 21 heavy (non-hydrogen) atoms. The molecule has 0 saturated heterocycles. The fourth-order valence-corrected chi connectivity index (χ4v) is 2.82. The van der Waals surface area contributed by atoms with Gasteiger partial charge in [0.25, 0.3) is 5.91 Å². The van der Waals surface area contributed by atoms with Crippen molar-refractivity contribution in [2.45, 2.75) is 32.2 Å². The number of ether oxygens (including phenoxy) is 1. The number of aryl methyl sites for hydroxylation is 1. The van der Waals surface area contributed by atoms with Crippen LogP contribution < -0.4 is 10.1 Å². The minimum absolute atomic E-state index is 0.134. The summed E-state index contributed by atoms with van der Waals surface area (Å²) in [6.45, 7) is 1.71. The number of carbonyl (C=O) groups is 2. The van der Waals surface area contributed by atoms with Gasteiger partial charge in [-0.2, -0.15) is 0 Å². The van der Waals surface area contributed by atoms with Crippen LogP contribution in [0.25, 0.3) is 0 Å². The molecule has 1 aromatic carbocycles. The van der Waals surface area contributed by atoms with E-state index in [9.17, 15) is 9.59 Å². The first-order valence-electron chi connectivity index (χ1n) is 6.88. The van der Waals surface area contributed by atoms with Crippen molar-refractivity contribution in [2.24, 2.45) is 5.92 Å². The smallest absolute Gasteiger partial charge is 0.308 e. The van der Waals surface area contributed by atoms with Gasteiger partial charge in [0.15, 0.2) is 6.61 Å². The summed E-state index contributed by atoms with van der Waals surface area (Å²) < 4.78 is 5.44. The Morgan fingerprint density at radius 3 is 2.86 bits per heavy atom. The van der Waals surface area contributed by atoms with E-state index in [2.05, 4.69) is 5.32 Å². The van der Waals surface area contributed by atoms with Gasteiger partial charge in [-0.25, -0.2) is 0 Å². The van der Waals surface area contributed by atoms with E-state index < -0.39 is 11.9 Å². The highest BCUT2D eigenvalue weighted by atomic mass is 35.5. The van der Waals surface area contributed by atoms with E-state index in [1.54, 1.807) is 18.2 Å². The zero-order valence-corrected chi connectivity index (χ0v) is 12.5. The molecule has 1 aromatic rings. The lowest BCUT2D eigenvalue weighted by molar-refractivity contribution is -0.142. The van der Waals surface area contributed by atoms with Crippen LogP contribution >= 0.6 is 11.6 Å². The van der Waals surface area contributed by atoms with E-state index in [1.807, 2.05) is 6.92 Å². The third-order valence-electron chi connectivity index (χ3n) is 3.68. The lowest BCUT2D eigenvalue weighted by Crippen LogP contribution is -2.42. The van der Waals surface area contributed by atoms with Crippen molar-refractivity contribution in [3.8, 4) is 5.75 Å². The SMILES string of the molecule is Cc1cc(Cl)ccc1OCC(=O)NC1CCCC1C(=O)O. The molecule has 6 heteroatoms. The number of hydrogen-bond acceptors (Lipinski definition) is 3. The lowest BCUT2D eigenvalue weighted by atomic mass is 10.0. The minimum atomic E-state index is -0.854. The van der Waals surface area contributed by atoms with Crippen LogP contribution in [0.5, 0.6) is 5.75 Å². The van der Waals surface area contributed by atoms with Crippen molar-refractivity contribution >= 4 is 23.5 Å². The van der Waals surface area contributed by atoms with Gasteiger partial charge in [0.2, 0.25) is 0 Å². The van der Waals surface area contributed by atoms with Crippen LogP contribution in [0, 0.1) is 12.8 Å². The predicted molar refractivity (Wildman–Crippen MR) is 78.6 cm³/mol. The fraction of sp³-hybridized carbons (Fsp3) is 0.467. The topological polar surface area (TPSA) is 75.6 Å². The Morgan fingerprint density at radius 2 is 2.19 bits per heavy atom. The molecule has 0 heterocycles. The van der Waals surface area contributed by atoms with Crippen LogP contribution in [0.3, 0.4) is 0 Å². The maximum absolute atomic E-state index is 11.9. The van der Waals surface area contributed by atoms with Gasteiger partial charge < -0.3 is 15.2 Å². The Morgan fingerprint density at radius 1 is 1.43 bits per heavy atom. The first kappa shape index (κ1) is 15.6. The second kappa shape index (κ2) is 6.80. The summed E-state index contributed by atoms with van der Waals surface area (Å²) in [5, 5.41) is 12.4. The highest BCUT2D eigenvalue weighted by molar-refractivity contribution is 6.30. The Kier molecular flexibility index (Phi) is 5.07. The largest absolute Gasteiger partial charge is 0.484 e. The number of nitrogens with one attached hydrogen (secondary N) is 1. The molecule has 0 spiro atoms. The summed E-state index contributed by atoms with van der Waals surface area (Å²) in [6.07, 6.45) is 2.12. The van der Waals surface area contributed by atoms with Crippen molar-refractivity contribution in [3.63, 3.8) is 0 Å². The first-order chi connectivity index (χ1) is 9.97. The highest BCUT2D eigenvalue weighted by Gasteiger charge is 2.33. The average molecular weight is 312 g/mol. The second-order valence-corrected chi connectivity index (χ2v) is 5.68. The molecule has 0 radical (unpaired) electrons. The fourth-order valence-electron chi connectivity index (χ4n) is 2.59. The molecule has 2 unspecified atom stereocenters. The molecular weight excluding hydrogens is 294 g/mol. The van der Waals surface area contributed by atoms with Crippen LogP contribution in [-0.4, -0.2) is 29.6 Å². The second-order valence-electron chi connectivity index (χ2n) is 5.25. The zero-order valence-electron chi connectivity index (χ0n) is 11.8. The number of benzene rings is 1. The van der Waals surface area contributed by atoms with Crippen molar-refractivity contribution < 1.29 is 19.4 Å². The van der Waals surface area contributed by atoms with Gasteiger partial charge in [0.1, 0.15) is 5.75 Å². The van der Waals surface area contributed by atoms with Gasteiger partial charge in [0.05, 0.1) is 5.92 Å². The number of amides is 1. The van der Waals surface area contributed by atoms with E-state index in [1.165, 1.54) is 0 Å². The summed E-state index contributed by atoms with van der Waals surface area (Å²) >= 11 is 5.85.